The van der Waals surface area contributed by atoms with Crippen molar-refractivity contribution < 1.29 is 4.79 Å². The zero-order valence-electron chi connectivity index (χ0n) is 10.1. The van der Waals surface area contributed by atoms with Gasteiger partial charge in [-0.3, -0.25) is 4.79 Å². The number of rotatable bonds is 4. The predicted molar refractivity (Wildman–Crippen MR) is 73.2 cm³/mol. The van der Waals surface area contributed by atoms with Crippen molar-refractivity contribution in [1.29, 1.82) is 0 Å². The van der Waals surface area contributed by atoms with Crippen molar-refractivity contribution in [2.45, 2.75) is 43.9 Å². The topological polar surface area (TPSA) is 46.3 Å². The number of carbonyl (C=O) groups excluding carboxylic acids is 1. The Morgan fingerprint density at radius 3 is 2.81 bits per heavy atom. The molecule has 96 valence electrons. The van der Waals surface area contributed by atoms with E-state index in [1.165, 1.54) is 6.42 Å². The average molecular weight is 267 g/mol. The maximum atomic E-state index is 12.1. The van der Waals surface area contributed by atoms with Gasteiger partial charge in [0.25, 0.3) is 0 Å². The van der Waals surface area contributed by atoms with E-state index in [0.717, 1.165) is 25.8 Å². The van der Waals surface area contributed by atoms with Gasteiger partial charge in [0.05, 0.1) is 5.25 Å². The minimum absolute atomic E-state index is 0. The number of hydrogen-bond donors (Lipinski definition) is 1. The second-order valence-electron chi connectivity index (χ2n) is 4.14. The Morgan fingerprint density at radius 2 is 2.25 bits per heavy atom. The number of halogens is 1. The minimum atomic E-state index is 0. The monoisotopic (exact) mass is 266 g/mol. The van der Waals surface area contributed by atoms with Gasteiger partial charge in [-0.2, -0.15) is 11.8 Å². The zero-order valence-corrected chi connectivity index (χ0v) is 11.8. The first-order valence-electron chi connectivity index (χ1n) is 5.74. The van der Waals surface area contributed by atoms with Crippen LogP contribution in [0.3, 0.4) is 0 Å². The van der Waals surface area contributed by atoms with Gasteiger partial charge in [0.15, 0.2) is 0 Å². The van der Waals surface area contributed by atoms with Gasteiger partial charge in [-0.25, -0.2) is 0 Å². The number of carbonyl (C=O) groups is 1. The van der Waals surface area contributed by atoms with Crippen LogP contribution in [-0.2, 0) is 4.79 Å². The van der Waals surface area contributed by atoms with E-state index in [1.54, 1.807) is 11.8 Å². The highest BCUT2D eigenvalue weighted by molar-refractivity contribution is 7.99. The minimum Gasteiger partial charge on any atom is -0.339 e. The van der Waals surface area contributed by atoms with Crippen LogP contribution in [0.25, 0.3) is 0 Å². The number of thioether (sulfide) groups is 1. The first kappa shape index (κ1) is 16.1. The summed E-state index contributed by atoms with van der Waals surface area (Å²) < 4.78 is 0. The number of nitrogens with two attached hydrogens (primary N) is 1. The van der Waals surface area contributed by atoms with Gasteiger partial charge < -0.3 is 10.6 Å². The summed E-state index contributed by atoms with van der Waals surface area (Å²) in [6, 6.07) is 0.394. The van der Waals surface area contributed by atoms with Crippen LogP contribution in [0, 0.1) is 0 Å². The molecule has 5 heteroatoms. The van der Waals surface area contributed by atoms with Crippen molar-refractivity contribution in [2.75, 3.05) is 19.3 Å². The van der Waals surface area contributed by atoms with Crippen LogP contribution >= 0.6 is 24.2 Å². The van der Waals surface area contributed by atoms with Gasteiger partial charge in [0.2, 0.25) is 5.91 Å². The van der Waals surface area contributed by atoms with E-state index in [0.29, 0.717) is 18.5 Å². The summed E-state index contributed by atoms with van der Waals surface area (Å²) in [5, 5.41) is 0.0865. The largest absolute Gasteiger partial charge is 0.339 e. The van der Waals surface area contributed by atoms with Gasteiger partial charge in [-0.1, -0.05) is 0 Å². The summed E-state index contributed by atoms with van der Waals surface area (Å²) in [7, 11) is 0. The molecule has 3 nitrogen and oxygen atoms in total. The molecule has 1 heterocycles. The maximum absolute atomic E-state index is 12.1. The number of hydrogen-bond acceptors (Lipinski definition) is 3. The summed E-state index contributed by atoms with van der Waals surface area (Å²) >= 11 is 1.62. The normalized spacial score (nSPS) is 22.4. The van der Waals surface area contributed by atoms with Crippen LogP contribution in [0.1, 0.15) is 32.6 Å². The second kappa shape index (κ2) is 8.20. The van der Waals surface area contributed by atoms with E-state index in [9.17, 15) is 4.79 Å². The number of amides is 1. The lowest BCUT2D eigenvalue weighted by Gasteiger charge is -2.37. The lowest BCUT2D eigenvalue weighted by molar-refractivity contribution is -0.134. The molecule has 1 aliphatic heterocycles. The van der Waals surface area contributed by atoms with Crippen molar-refractivity contribution in [3.8, 4) is 0 Å². The Labute approximate surface area is 109 Å². The highest BCUT2D eigenvalue weighted by atomic mass is 35.5. The lowest BCUT2D eigenvalue weighted by atomic mass is 9.99. The van der Waals surface area contributed by atoms with Gasteiger partial charge in [-0.15, -0.1) is 12.4 Å². The van der Waals surface area contributed by atoms with Crippen LogP contribution in [0.15, 0.2) is 0 Å². The Bertz CT molecular complexity index is 214. The average Bonchev–Trinajstić information content (AvgIpc) is 2.28. The van der Waals surface area contributed by atoms with E-state index in [2.05, 4.69) is 4.90 Å². The van der Waals surface area contributed by atoms with Crippen LogP contribution in [0.4, 0.5) is 0 Å². The quantitative estimate of drug-likeness (QED) is 0.845. The fourth-order valence-corrected chi connectivity index (χ4v) is 2.45. The van der Waals surface area contributed by atoms with Crippen molar-refractivity contribution in [1.82, 2.24) is 4.90 Å². The maximum Gasteiger partial charge on any atom is 0.235 e. The smallest absolute Gasteiger partial charge is 0.235 e. The molecule has 1 amide bonds. The first-order valence-corrected chi connectivity index (χ1v) is 7.02. The van der Waals surface area contributed by atoms with E-state index >= 15 is 0 Å². The molecule has 0 saturated carbocycles. The fraction of sp³-hybridized carbons (Fsp3) is 0.909. The third-order valence-corrected chi connectivity index (χ3v) is 4.02. The van der Waals surface area contributed by atoms with Gasteiger partial charge >= 0.3 is 0 Å². The summed E-state index contributed by atoms with van der Waals surface area (Å²) in [6.45, 7) is 3.59. The SMILES string of the molecule is CSC(C)C(=O)N1CCCCC1CCN.Cl. The van der Waals surface area contributed by atoms with E-state index in [-0.39, 0.29) is 17.7 Å². The standard InChI is InChI=1S/C11H22N2OS.ClH/c1-9(15-2)11(14)13-8-4-3-5-10(13)6-7-12;/h9-10H,3-8,12H2,1-2H3;1H. The van der Waals surface area contributed by atoms with Gasteiger partial charge in [0, 0.05) is 12.6 Å². The van der Waals surface area contributed by atoms with E-state index in [4.69, 9.17) is 5.73 Å². The van der Waals surface area contributed by atoms with Crippen molar-refractivity contribution in [3.05, 3.63) is 0 Å². The highest BCUT2D eigenvalue weighted by Crippen LogP contribution is 2.22. The molecular weight excluding hydrogens is 244 g/mol. The summed E-state index contributed by atoms with van der Waals surface area (Å²) in [5.74, 6) is 0.292. The molecule has 1 fully saturated rings. The van der Waals surface area contributed by atoms with E-state index in [1.807, 2.05) is 13.2 Å². The fourth-order valence-electron chi connectivity index (χ4n) is 2.12. The summed E-state index contributed by atoms with van der Waals surface area (Å²) in [5.41, 5.74) is 5.59. The predicted octanol–water partition coefficient (Wildman–Crippen LogP) is 1.89. The molecule has 2 unspecified atom stereocenters. The molecule has 0 aromatic heterocycles. The molecule has 1 saturated heterocycles. The number of piperidine rings is 1. The van der Waals surface area contributed by atoms with Crippen LogP contribution < -0.4 is 5.73 Å². The Morgan fingerprint density at radius 1 is 1.56 bits per heavy atom. The molecule has 0 aromatic rings. The molecular formula is C11H23ClN2OS. The van der Waals surface area contributed by atoms with Crippen LogP contribution in [-0.4, -0.2) is 41.4 Å². The Kier molecular flexibility index (Phi) is 8.24. The molecule has 16 heavy (non-hydrogen) atoms. The third-order valence-electron chi connectivity index (χ3n) is 3.11. The molecule has 0 spiro atoms. The Balaban J connectivity index is 0.00000225. The number of likely N-dealkylation sites (tertiary alicyclic amines) is 1. The molecule has 0 bridgehead atoms. The highest BCUT2D eigenvalue weighted by Gasteiger charge is 2.28. The van der Waals surface area contributed by atoms with Crippen molar-refractivity contribution >= 4 is 30.1 Å². The molecule has 0 radical (unpaired) electrons. The second-order valence-corrected chi connectivity index (χ2v) is 5.32. The molecule has 2 N–H and O–H groups in total. The zero-order chi connectivity index (χ0) is 11.3. The molecule has 0 aromatic carbocycles. The Hall–Kier alpha value is 0.0700. The molecule has 0 aliphatic carbocycles. The first-order chi connectivity index (χ1) is 7.20. The summed E-state index contributed by atoms with van der Waals surface area (Å²) in [4.78, 5) is 14.1. The third kappa shape index (κ3) is 4.15. The van der Waals surface area contributed by atoms with Crippen LogP contribution in [0.2, 0.25) is 0 Å². The lowest BCUT2D eigenvalue weighted by Crippen LogP contribution is -2.47. The van der Waals surface area contributed by atoms with Gasteiger partial charge in [-0.05, 0) is 45.4 Å². The molecule has 1 aliphatic rings. The van der Waals surface area contributed by atoms with E-state index < -0.39 is 0 Å². The van der Waals surface area contributed by atoms with Gasteiger partial charge in [0.1, 0.15) is 0 Å². The molecule has 1 rings (SSSR count). The van der Waals surface area contributed by atoms with Crippen LogP contribution in [0.5, 0.6) is 0 Å². The number of nitrogens with zero attached hydrogens (tertiary/aromatic N) is 1. The molecule has 2 atom stereocenters. The van der Waals surface area contributed by atoms with Crippen molar-refractivity contribution in [2.24, 2.45) is 5.73 Å². The van der Waals surface area contributed by atoms with Crippen molar-refractivity contribution in [3.63, 3.8) is 0 Å². The summed E-state index contributed by atoms with van der Waals surface area (Å²) in [6.07, 6.45) is 6.46.